The van der Waals surface area contributed by atoms with Crippen LogP contribution >= 0.6 is 11.3 Å². The fraction of sp³-hybridized carbons (Fsp3) is 0.647. The average molecular weight is 338 g/mol. The van der Waals surface area contributed by atoms with Gasteiger partial charge in [-0.15, -0.1) is 11.3 Å². The molecule has 2 heterocycles. The van der Waals surface area contributed by atoms with E-state index >= 15 is 0 Å². The van der Waals surface area contributed by atoms with Crippen LogP contribution in [-0.4, -0.2) is 31.1 Å². The van der Waals surface area contributed by atoms with Crippen LogP contribution in [0, 0.1) is 19.8 Å². The maximum atomic E-state index is 12.5. The topological polar surface area (TPSA) is 67.4 Å². The number of thiophene rings is 1. The first-order valence-electron chi connectivity index (χ1n) is 8.20. The van der Waals surface area contributed by atoms with Gasteiger partial charge in [-0.1, -0.05) is 13.8 Å². The van der Waals surface area contributed by atoms with Crippen LogP contribution in [-0.2, 0) is 9.53 Å². The molecule has 2 N–H and O–H groups in total. The van der Waals surface area contributed by atoms with Crippen molar-refractivity contribution in [1.29, 1.82) is 0 Å². The second-order valence-corrected chi connectivity index (χ2v) is 7.54. The number of carbonyl (C=O) groups is 2. The van der Waals surface area contributed by atoms with E-state index < -0.39 is 0 Å². The van der Waals surface area contributed by atoms with Crippen LogP contribution in [0.1, 0.15) is 53.9 Å². The zero-order valence-corrected chi connectivity index (χ0v) is 15.1. The van der Waals surface area contributed by atoms with Crippen LogP contribution in [0.4, 0.5) is 5.00 Å². The zero-order valence-electron chi connectivity index (χ0n) is 14.3. The summed E-state index contributed by atoms with van der Waals surface area (Å²) in [5, 5.41) is 6.48. The fourth-order valence-corrected chi connectivity index (χ4v) is 3.61. The summed E-state index contributed by atoms with van der Waals surface area (Å²) in [5.74, 6) is -0.309. The van der Waals surface area contributed by atoms with Crippen molar-refractivity contribution in [3.8, 4) is 0 Å². The predicted octanol–water partition coefficient (Wildman–Crippen LogP) is 3.26. The van der Waals surface area contributed by atoms with Crippen LogP contribution in [0.15, 0.2) is 0 Å². The molecule has 128 valence electrons. The fourth-order valence-electron chi connectivity index (χ4n) is 2.55. The molecule has 1 saturated heterocycles. The Labute approximate surface area is 141 Å². The van der Waals surface area contributed by atoms with Gasteiger partial charge in [-0.05, 0) is 38.7 Å². The first-order valence-corrected chi connectivity index (χ1v) is 9.02. The van der Waals surface area contributed by atoms with Crippen molar-refractivity contribution in [2.75, 3.05) is 18.5 Å². The number of hydrogen-bond acceptors (Lipinski definition) is 4. The quantitative estimate of drug-likeness (QED) is 0.836. The molecule has 0 aromatic carbocycles. The summed E-state index contributed by atoms with van der Waals surface area (Å²) in [6, 6.07) is 0. The predicted molar refractivity (Wildman–Crippen MR) is 93.2 cm³/mol. The largest absolute Gasteiger partial charge is 0.378 e. The minimum atomic E-state index is -0.121. The Bertz CT molecular complexity index is 575. The van der Waals surface area contributed by atoms with E-state index in [0.717, 1.165) is 36.3 Å². The minimum Gasteiger partial charge on any atom is -0.378 e. The van der Waals surface area contributed by atoms with E-state index in [1.165, 1.54) is 11.3 Å². The smallest absolute Gasteiger partial charge is 0.254 e. The molecule has 1 aromatic rings. The lowest BCUT2D eigenvalue weighted by atomic mass is 10.1. The SMILES string of the molecule is Cc1sc(NC(=O)C(C)C)c(C(=O)NCC[C@@H]2CCCO2)c1C. The average Bonchev–Trinajstić information content (AvgIpc) is 3.08. The van der Waals surface area contributed by atoms with Crippen LogP contribution in [0.5, 0.6) is 0 Å². The highest BCUT2D eigenvalue weighted by Crippen LogP contribution is 2.32. The van der Waals surface area contributed by atoms with Crippen LogP contribution < -0.4 is 10.6 Å². The number of ether oxygens (including phenoxy) is 1. The molecule has 1 aromatic heterocycles. The van der Waals surface area contributed by atoms with Gasteiger partial charge in [0.05, 0.1) is 11.7 Å². The highest BCUT2D eigenvalue weighted by atomic mass is 32.1. The second-order valence-electron chi connectivity index (χ2n) is 6.31. The number of carbonyl (C=O) groups excluding carboxylic acids is 2. The molecule has 1 aliphatic heterocycles. The lowest BCUT2D eigenvalue weighted by Gasteiger charge is -2.12. The first-order chi connectivity index (χ1) is 10.9. The molecular formula is C17H26N2O3S. The highest BCUT2D eigenvalue weighted by Gasteiger charge is 2.22. The van der Waals surface area contributed by atoms with E-state index in [1.54, 1.807) is 0 Å². The van der Waals surface area contributed by atoms with Crippen molar-refractivity contribution in [1.82, 2.24) is 5.32 Å². The molecule has 2 amide bonds. The monoisotopic (exact) mass is 338 g/mol. The van der Waals surface area contributed by atoms with Crippen molar-refractivity contribution < 1.29 is 14.3 Å². The molecular weight excluding hydrogens is 312 g/mol. The second kappa shape index (κ2) is 7.93. The van der Waals surface area contributed by atoms with Crippen molar-refractivity contribution in [3.63, 3.8) is 0 Å². The molecule has 0 spiro atoms. The van der Waals surface area contributed by atoms with Gasteiger partial charge in [0.15, 0.2) is 0 Å². The van der Waals surface area contributed by atoms with E-state index in [4.69, 9.17) is 4.74 Å². The number of amides is 2. The maximum absolute atomic E-state index is 12.5. The summed E-state index contributed by atoms with van der Waals surface area (Å²) >= 11 is 1.46. The molecule has 1 fully saturated rings. The summed E-state index contributed by atoms with van der Waals surface area (Å²) in [6.45, 7) is 8.98. The zero-order chi connectivity index (χ0) is 17.0. The standard InChI is InChI=1S/C17H26N2O3S/c1-10(2)15(20)19-17-14(11(3)12(4)23-17)16(21)18-8-7-13-6-5-9-22-13/h10,13H,5-9H2,1-4H3,(H,18,21)(H,19,20)/t13-/m0/s1. The number of nitrogens with one attached hydrogen (secondary N) is 2. The van der Waals surface area contributed by atoms with E-state index in [9.17, 15) is 9.59 Å². The van der Waals surface area contributed by atoms with Gasteiger partial charge in [0.1, 0.15) is 5.00 Å². The van der Waals surface area contributed by atoms with Crippen LogP contribution in [0.25, 0.3) is 0 Å². The molecule has 0 bridgehead atoms. The van der Waals surface area contributed by atoms with E-state index in [2.05, 4.69) is 10.6 Å². The van der Waals surface area contributed by atoms with Gasteiger partial charge < -0.3 is 15.4 Å². The van der Waals surface area contributed by atoms with Crippen LogP contribution in [0.2, 0.25) is 0 Å². The normalized spacial score (nSPS) is 17.5. The number of anilines is 1. The van der Waals surface area contributed by atoms with Gasteiger partial charge in [0.2, 0.25) is 5.91 Å². The third-order valence-electron chi connectivity index (χ3n) is 4.15. The molecule has 1 atom stereocenters. The lowest BCUT2D eigenvalue weighted by molar-refractivity contribution is -0.118. The summed E-state index contributed by atoms with van der Waals surface area (Å²) in [5.41, 5.74) is 1.53. The van der Waals surface area contributed by atoms with Crippen LogP contribution in [0.3, 0.4) is 0 Å². The van der Waals surface area contributed by atoms with Gasteiger partial charge in [-0.2, -0.15) is 0 Å². The van der Waals surface area contributed by atoms with Crippen molar-refractivity contribution in [2.45, 2.75) is 53.1 Å². The van der Waals surface area contributed by atoms with Gasteiger partial charge in [0.25, 0.3) is 5.91 Å². The summed E-state index contributed by atoms with van der Waals surface area (Å²) < 4.78 is 5.56. The van der Waals surface area contributed by atoms with E-state index in [-0.39, 0.29) is 23.8 Å². The van der Waals surface area contributed by atoms with Crippen molar-refractivity contribution in [3.05, 3.63) is 16.0 Å². The molecule has 5 nitrogen and oxygen atoms in total. The molecule has 0 saturated carbocycles. The Morgan fingerprint density at radius 3 is 2.70 bits per heavy atom. The number of hydrogen-bond donors (Lipinski definition) is 2. The third kappa shape index (κ3) is 4.54. The molecule has 1 aliphatic rings. The molecule has 0 aliphatic carbocycles. The molecule has 0 unspecified atom stereocenters. The van der Waals surface area contributed by atoms with Gasteiger partial charge in [-0.3, -0.25) is 9.59 Å². The minimum absolute atomic E-state index is 0.0698. The Balaban J connectivity index is 2.01. The Kier molecular flexibility index (Phi) is 6.18. The third-order valence-corrected chi connectivity index (χ3v) is 5.27. The van der Waals surface area contributed by atoms with Gasteiger partial charge in [-0.25, -0.2) is 0 Å². The van der Waals surface area contributed by atoms with Gasteiger partial charge >= 0.3 is 0 Å². The summed E-state index contributed by atoms with van der Waals surface area (Å²) in [6.07, 6.45) is 3.28. The van der Waals surface area contributed by atoms with E-state index in [0.29, 0.717) is 17.1 Å². The lowest BCUT2D eigenvalue weighted by Crippen LogP contribution is -2.28. The summed E-state index contributed by atoms with van der Waals surface area (Å²) in [4.78, 5) is 25.5. The van der Waals surface area contributed by atoms with Crippen molar-refractivity contribution in [2.24, 2.45) is 5.92 Å². The van der Waals surface area contributed by atoms with Gasteiger partial charge in [0, 0.05) is 23.9 Å². The number of aryl methyl sites for hydroxylation is 1. The molecule has 23 heavy (non-hydrogen) atoms. The first kappa shape index (κ1) is 17.9. The molecule has 2 rings (SSSR count). The summed E-state index contributed by atoms with van der Waals surface area (Å²) in [7, 11) is 0. The van der Waals surface area contributed by atoms with Crippen molar-refractivity contribution >= 4 is 28.2 Å². The van der Waals surface area contributed by atoms with E-state index in [1.807, 2.05) is 27.7 Å². The maximum Gasteiger partial charge on any atom is 0.254 e. The number of rotatable bonds is 6. The molecule has 0 radical (unpaired) electrons. The highest BCUT2D eigenvalue weighted by molar-refractivity contribution is 7.16. The molecule has 6 heteroatoms. The Morgan fingerprint density at radius 2 is 2.09 bits per heavy atom. The Hall–Kier alpha value is -1.40. The Morgan fingerprint density at radius 1 is 1.35 bits per heavy atom.